The summed E-state index contributed by atoms with van der Waals surface area (Å²) in [5.74, 6) is 1.46. The van der Waals surface area contributed by atoms with Crippen molar-refractivity contribution in [3.05, 3.63) is 34.9 Å². The highest BCUT2D eigenvalue weighted by atomic mass is 35.5. The van der Waals surface area contributed by atoms with Crippen molar-refractivity contribution in [3.63, 3.8) is 0 Å². The van der Waals surface area contributed by atoms with E-state index < -0.39 is 0 Å². The Kier molecular flexibility index (Phi) is 6.76. The van der Waals surface area contributed by atoms with Gasteiger partial charge in [-0.1, -0.05) is 49.9 Å². The summed E-state index contributed by atoms with van der Waals surface area (Å²) in [4.78, 5) is 12.2. The first-order chi connectivity index (χ1) is 10.2. The van der Waals surface area contributed by atoms with Gasteiger partial charge in [-0.05, 0) is 55.7 Å². The second-order valence-corrected chi connectivity index (χ2v) is 6.81. The summed E-state index contributed by atoms with van der Waals surface area (Å²) in [7, 11) is 0. The first-order valence-corrected chi connectivity index (χ1v) is 8.86. The lowest BCUT2D eigenvalue weighted by molar-refractivity contribution is -0.124. The van der Waals surface area contributed by atoms with E-state index in [1.807, 2.05) is 12.1 Å². The minimum absolute atomic E-state index is 0.329. The fourth-order valence-corrected chi connectivity index (χ4v) is 3.54. The normalized spacial score (nSPS) is 22.2. The molecular formula is C19H27ClO. The fraction of sp³-hybridized carbons (Fsp3) is 0.632. The van der Waals surface area contributed by atoms with Gasteiger partial charge in [0.05, 0.1) is 0 Å². The number of carbonyl (C=O) groups is 1. The number of hydrogen-bond donors (Lipinski definition) is 0. The van der Waals surface area contributed by atoms with E-state index in [4.69, 9.17) is 11.6 Å². The van der Waals surface area contributed by atoms with Crippen LogP contribution in [-0.4, -0.2) is 5.78 Å². The minimum atomic E-state index is 0.329. The molecule has 0 aliphatic heterocycles. The van der Waals surface area contributed by atoms with E-state index in [2.05, 4.69) is 19.1 Å². The molecule has 0 spiro atoms. The average molecular weight is 307 g/mol. The standard InChI is InChI=1S/C19H27ClO/c1-2-3-4-5-6-19(21)17-9-7-15(8-10-17)16-11-13-18(20)14-12-16/h11-15,17H,2-10H2,1H3. The molecule has 2 rings (SSSR count). The molecule has 1 saturated carbocycles. The molecule has 0 aromatic heterocycles. The number of benzene rings is 1. The third-order valence-electron chi connectivity index (χ3n) is 4.80. The lowest BCUT2D eigenvalue weighted by Gasteiger charge is -2.28. The summed E-state index contributed by atoms with van der Waals surface area (Å²) >= 11 is 5.94. The van der Waals surface area contributed by atoms with E-state index in [1.54, 1.807) is 0 Å². The van der Waals surface area contributed by atoms with Gasteiger partial charge in [0.2, 0.25) is 0 Å². The number of ketones is 1. The lowest BCUT2D eigenvalue weighted by Crippen LogP contribution is -2.21. The van der Waals surface area contributed by atoms with Crippen molar-refractivity contribution in [2.45, 2.75) is 70.6 Å². The summed E-state index contributed by atoms with van der Waals surface area (Å²) in [6, 6.07) is 8.23. The Bertz CT molecular complexity index is 429. The molecule has 1 aliphatic carbocycles. The molecule has 1 aliphatic rings. The third kappa shape index (κ3) is 5.14. The van der Waals surface area contributed by atoms with Gasteiger partial charge in [-0.2, -0.15) is 0 Å². The highest BCUT2D eigenvalue weighted by Crippen LogP contribution is 2.37. The van der Waals surface area contributed by atoms with Crippen LogP contribution in [0.1, 0.15) is 76.2 Å². The molecule has 0 radical (unpaired) electrons. The molecule has 116 valence electrons. The van der Waals surface area contributed by atoms with Crippen LogP contribution in [0.5, 0.6) is 0 Å². The monoisotopic (exact) mass is 306 g/mol. The fourth-order valence-electron chi connectivity index (χ4n) is 3.41. The van der Waals surface area contributed by atoms with Gasteiger partial charge in [-0.3, -0.25) is 4.79 Å². The van der Waals surface area contributed by atoms with Gasteiger partial charge >= 0.3 is 0 Å². The zero-order chi connectivity index (χ0) is 15.1. The van der Waals surface area contributed by atoms with Crippen molar-refractivity contribution >= 4 is 17.4 Å². The highest BCUT2D eigenvalue weighted by Gasteiger charge is 2.26. The van der Waals surface area contributed by atoms with Crippen LogP contribution in [-0.2, 0) is 4.79 Å². The summed E-state index contributed by atoms with van der Waals surface area (Å²) in [6.45, 7) is 2.21. The third-order valence-corrected chi connectivity index (χ3v) is 5.05. The summed E-state index contributed by atoms with van der Waals surface area (Å²) in [5, 5.41) is 0.801. The van der Waals surface area contributed by atoms with E-state index >= 15 is 0 Å². The molecule has 0 N–H and O–H groups in total. The number of carbonyl (C=O) groups excluding carboxylic acids is 1. The van der Waals surface area contributed by atoms with E-state index in [0.29, 0.717) is 17.6 Å². The van der Waals surface area contributed by atoms with Crippen molar-refractivity contribution in [2.75, 3.05) is 0 Å². The maximum Gasteiger partial charge on any atom is 0.135 e. The maximum absolute atomic E-state index is 12.2. The van der Waals surface area contributed by atoms with Crippen LogP contribution < -0.4 is 0 Å². The van der Waals surface area contributed by atoms with Crippen LogP contribution in [0.2, 0.25) is 5.02 Å². The van der Waals surface area contributed by atoms with Gasteiger partial charge in [0.15, 0.2) is 0 Å². The van der Waals surface area contributed by atoms with Crippen LogP contribution in [0.15, 0.2) is 24.3 Å². The van der Waals surface area contributed by atoms with Crippen molar-refractivity contribution in [1.29, 1.82) is 0 Å². The van der Waals surface area contributed by atoms with Gasteiger partial charge in [-0.15, -0.1) is 0 Å². The van der Waals surface area contributed by atoms with Crippen LogP contribution in [0.25, 0.3) is 0 Å². The number of halogens is 1. The number of Topliss-reactive ketones (excluding diaryl/α,β-unsaturated/α-hetero) is 1. The number of rotatable bonds is 7. The van der Waals surface area contributed by atoms with Crippen molar-refractivity contribution in [2.24, 2.45) is 5.92 Å². The first kappa shape index (κ1) is 16.5. The molecule has 1 aromatic carbocycles. The number of unbranched alkanes of at least 4 members (excludes halogenated alkanes) is 3. The molecule has 2 heteroatoms. The molecule has 1 nitrogen and oxygen atoms in total. The number of hydrogen-bond acceptors (Lipinski definition) is 1. The molecule has 21 heavy (non-hydrogen) atoms. The van der Waals surface area contributed by atoms with Gasteiger partial charge in [0.1, 0.15) is 5.78 Å². The Morgan fingerprint density at radius 2 is 1.71 bits per heavy atom. The average Bonchev–Trinajstić information content (AvgIpc) is 2.52. The van der Waals surface area contributed by atoms with E-state index in [-0.39, 0.29) is 0 Å². The predicted octanol–water partition coefficient (Wildman–Crippen LogP) is 6.15. The van der Waals surface area contributed by atoms with Gasteiger partial charge in [0.25, 0.3) is 0 Å². The summed E-state index contributed by atoms with van der Waals surface area (Å²) in [6.07, 6.45) is 10.0. The Morgan fingerprint density at radius 1 is 1.05 bits per heavy atom. The maximum atomic E-state index is 12.2. The molecule has 1 aromatic rings. The Morgan fingerprint density at radius 3 is 2.33 bits per heavy atom. The topological polar surface area (TPSA) is 17.1 Å². The lowest BCUT2D eigenvalue weighted by atomic mass is 9.76. The molecule has 0 unspecified atom stereocenters. The molecule has 0 atom stereocenters. The minimum Gasteiger partial charge on any atom is -0.299 e. The molecule has 0 heterocycles. The van der Waals surface area contributed by atoms with Crippen LogP contribution in [0.4, 0.5) is 0 Å². The van der Waals surface area contributed by atoms with Crippen LogP contribution >= 0.6 is 11.6 Å². The van der Waals surface area contributed by atoms with Gasteiger partial charge in [0, 0.05) is 17.4 Å². The quantitative estimate of drug-likeness (QED) is 0.552. The van der Waals surface area contributed by atoms with E-state index in [9.17, 15) is 4.79 Å². The zero-order valence-corrected chi connectivity index (χ0v) is 13.9. The molecular weight excluding hydrogens is 280 g/mol. The highest BCUT2D eigenvalue weighted by molar-refractivity contribution is 6.30. The Labute approximate surface area is 134 Å². The summed E-state index contributed by atoms with van der Waals surface area (Å²) < 4.78 is 0. The molecule has 0 saturated heterocycles. The van der Waals surface area contributed by atoms with Crippen molar-refractivity contribution in [3.8, 4) is 0 Å². The second-order valence-electron chi connectivity index (χ2n) is 6.38. The predicted molar refractivity (Wildman–Crippen MR) is 89.9 cm³/mol. The van der Waals surface area contributed by atoms with E-state index in [1.165, 1.54) is 24.8 Å². The van der Waals surface area contributed by atoms with Crippen LogP contribution in [0, 0.1) is 5.92 Å². The van der Waals surface area contributed by atoms with Crippen LogP contribution in [0.3, 0.4) is 0 Å². The van der Waals surface area contributed by atoms with Crippen molar-refractivity contribution < 1.29 is 4.79 Å². The molecule has 1 fully saturated rings. The van der Waals surface area contributed by atoms with E-state index in [0.717, 1.165) is 43.5 Å². The molecule has 0 amide bonds. The summed E-state index contributed by atoms with van der Waals surface area (Å²) in [5.41, 5.74) is 1.38. The van der Waals surface area contributed by atoms with Gasteiger partial charge < -0.3 is 0 Å². The van der Waals surface area contributed by atoms with Crippen molar-refractivity contribution in [1.82, 2.24) is 0 Å². The smallest absolute Gasteiger partial charge is 0.135 e. The molecule has 0 bridgehead atoms. The Balaban J connectivity index is 1.75. The Hall–Kier alpha value is -0.820. The second kappa shape index (κ2) is 8.58. The first-order valence-electron chi connectivity index (χ1n) is 8.49. The SMILES string of the molecule is CCCCCCC(=O)C1CCC(c2ccc(Cl)cc2)CC1. The zero-order valence-electron chi connectivity index (χ0n) is 13.1. The largest absolute Gasteiger partial charge is 0.299 e. The van der Waals surface area contributed by atoms with Gasteiger partial charge in [-0.25, -0.2) is 0 Å².